The number of hydrogen-bond donors (Lipinski definition) is 1. The van der Waals surface area contributed by atoms with Crippen LogP contribution in [0.5, 0.6) is 0 Å². The van der Waals surface area contributed by atoms with Crippen LogP contribution in [0.15, 0.2) is 0 Å². The molecule has 0 heterocycles. The first-order valence-electron chi connectivity index (χ1n) is 5.87. The maximum absolute atomic E-state index is 5.52. The molecular weight excluding hydrogens is 174 g/mol. The molecule has 0 rings (SSSR count). The normalized spacial score (nSPS) is 12.4. The Hall–Kier alpha value is -0.120. The topological polar surface area (TPSA) is 29.3 Å². The lowest BCUT2D eigenvalue weighted by atomic mass is 10.3. The van der Waals surface area contributed by atoms with Crippen LogP contribution >= 0.6 is 0 Å². The quantitative estimate of drug-likeness (QED) is 0.589. The Morgan fingerprint density at radius 1 is 1.00 bits per heavy atom. The second-order valence-electron chi connectivity index (χ2n) is 4.11. The summed E-state index contributed by atoms with van der Waals surface area (Å²) >= 11 is 0. The van der Waals surface area contributed by atoms with Gasteiger partial charge in [0, 0.05) is 19.6 Å². The number of nitrogens with two attached hydrogens (primary N) is 1. The Bertz CT molecular complexity index is 124. The molecule has 3 nitrogen and oxygen atoms in total. The Balaban J connectivity index is 3.92. The first kappa shape index (κ1) is 13.9. The third-order valence-electron chi connectivity index (χ3n) is 3.48. The van der Waals surface area contributed by atoms with Crippen LogP contribution < -0.4 is 5.73 Å². The molecular formula is C11H28N3+. The third kappa shape index (κ3) is 4.40. The minimum atomic E-state index is 0.765. The largest absolute Gasteiger partial charge is 0.329 e. The molecule has 14 heavy (non-hydrogen) atoms. The van der Waals surface area contributed by atoms with Gasteiger partial charge in [-0.25, -0.2) is 0 Å². The molecule has 0 aliphatic heterocycles. The van der Waals surface area contributed by atoms with Crippen molar-refractivity contribution in [1.82, 2.24) is 4.90 Å². The predicted octanol–water partition coefficient (Wildman–Crippen LogP) is 0.753. The van der Waals surface area contributed by atoms with Crippen molar-refractivity contribution in [3.05, 3.63) is 0 Å². The summed E-state index contributed by atoms with van der Waals surface area (Å²) in [5.41, 5.74) is 5.52. The molecule has 0 aromatic heterocycles. The molecule has 0 bridgehead atoms. The molecule has 0 radical (unpaired) electrons. The van der Waals surface area contributed by atoms with Crippen LogP contribution in [0.2, 0.25) is 0 Å². The van der Waals surface area contributed by atoms with E-state index < -0.39 is 0 Å². The lowest BCUT2D eigenvalue weighted by molar-refractivity contribution is -0.922. The van der Waals surface area contributed by atoms with E-state index in [1.807, 2.05) is 0 Å². The second-order valence-corrected chi connectivity index (χ2v) is 4.11. The van der Waals surface area contributed by atoms with Gasteiger partial charge in [-0.15, -0.1) is 0 Å². The fourth-order valence-electron chi connectivity index (χ4n) is 1.86. The average molecular weight is 202 g/mol. The zero-order chi connectivity index (χ0) is 11.0. The Labute approximate surface area is 89.5 Å². The van der Waals surface area contributed by atoms with Crippen molar-refractivity contribution in [1.29, 1.82) is 0 Å². The molecule has 0 amide bonds. The molecule has 0 saturated carbocycles. The van der Waals surface area contributed by atoms with Crippen LogP contribution in [0.1, 0.15) is 20.8 Å². The van der Waals surface area contributed by atoms with Crippen LogP contribution in [-0.4, -0.2) is 62.2 Å². The molecule has 0 fully saturated rings. The van der Waals surface area contributed by atoms with Crippen molar-refractivity contribution in [3.63, 3.8) is 0 Å². The van der Waals surface area contributed by atoms with Crippen molar-refractivity contribution in [2.75, 3.05) is 52.9 Å². The number of quaternary nitrogens is 1. The summed E-state index contributed by atoms with van der Waals surface area (Å²) in [4.78, 5) is 2.33. The number of likely N-dealkylation sites (N-methyl/N-ethyl adjacent to an activating group) is 2. The third-order valence-corrected chi connectivity index (χ3v) is 3.48. The van der Waals surface area contributed by atoms with E-state index in [1.165, 1.54) is 30.7 Å². The monoisotopic (exact) mass is 202 g/mol. The number of rotatable bonds is 8. The van der Waals surface area contributed by atoms with Gasteiger partial charge in [0.1, 0.15) is 0 Å². The van der Waals surface area contributed by atoms with Crippen molar-refractivity contribution in [2.24, 2.45) is 5.73 Å². The van der Waals surface area contributed by atoms with E-state index in [0.29, 0.717) is 0 Å². The highest BCUT2D eigenvalue weighted by atomic mass is 15.4. The SMILES string of the molecule is CC[N+](CC)(CC)CCN(C)CCN. The average Bonchev–Trinajstić information content (AvgIpc) is 2.21. The van der Waals surface area contributed by atoms with Gasteiger partial charge in [0.05, 0.1) is 26.2 Å². The van der Waals surface area contributed by atoms with E-state index in [4.69, 9.17) is 5.73 Å². The van der Waals surface area contributed by atoms with E-state index in [1.54, 1.807) is 0 Å². The maximum Gasteiger partial charge on any atom is 0.0915 e. The molecule has 0 spiro atoms. The van der Waals surface area contributed by atoms with Crippen molar-refractivity contribution >= 4 is 0 Å². The standard InChI is InChI=1S/C11H28N3/c1-5-14(6-2,7-3)11-10-13(4)9-8-12/h5-12H2,1-4H3/q+1. The summed E-state index contributed by atoms with van der Waals surface area (Å²) in [6.45, 7) is 14.8. The lowest BCUT2D eigenvalue weighted by Gasteiger charge is -2.37. The second kappa shape index (κ2) is 7.21. The van der Waals surface area contributed by atoms with E-state index in [-0.39, 0.29) is 0 Å². The molecule has 0 aromatic rings. The molecule has 0 aliphatic carbocycles. The van der Waals surface area contributed by atoms with E-state index in [9.17, 15) is 0 Å². The molecule has 3 heteroatoms. The van der Waals surface area contributed by atoms with E-state index in [2.05, 4.69) is 32.7 Å². The van der Waals surface area contributed by atoms with Crippen LogP contribution in [-0.2, 0) is 0 Å². The van der Waals surface area contributed by atoms with Crippen LogP contribution in [0, 0.1) is 0 Å². The van der Waals surface area contributed by atoms with Crippen molar-refractivity contribution < 1.29 is 4.48 Å². The highest BCUT2D eigenvalue weighted by Crippen LogP contribution is 2.05. The summed E-state index contributed by atoms with van der Waals surface area (Å²) in [5, 5.41) is 0. The lowest BCUT2D eigenvalue weighted by Crippen LogP contribution is -2.51. The minimum absolute atomic E-state index is 0.765. The highest BCUT2D eigenvalue weighted by Gasteiger charge is 2.20. The summed E-state index contributed by atoms with van der Waals surface area (Å²) in [7, 11) is 2.16. The Morgan fingerprint density at radius 2 is 1.50 bits per heavy atom. The molecule has 0 aromatic carbocycles. The predicted molar refractivity (Wildman–Crippen MR) is 63.3 cm³/mol. The van der Waals surface area contributed by atoms with Gasteiger partial charge in [-0.1, -0.05) is 0 Å². The molecule has 0 unspecified atom stereocenters. The maximum atomic E-state index is 5.52. The van der Waals surface area contributed by atoms with Gasteiger partial charge in [0.25, 0.3) is 0 Å². The number of hydrogen-bond acceptors (Lipinski definition) is 2. The Kier molecular flexibility index (Phi) is 7.15. The van der Waals surface area contributed by atoms with Gasteiger partial charge in [-0.05, 0) is 27.8 Å². The first-order chi connectivity index (χ1) is 6.64. The van der Waals surface area contributed by atoms with Gasteiger partial charge in [-0.2, -0.15) is 0 Å². The molecule has 2 N–H and O–H groups in total. The molecule has 0 saturated heterocycles. The Morgan fingerprint density at radius 3 is 1.86 bits per heavy atom. The van der Waals surface area contributed by atoms with Gasteiger partial charge in [0.15, 0.2) is 0 Å². The highest BCUT2D eigenvalue weighted by molar-refractivity contribution is 4.51. The van der Waals surface area contributed by atoms with Crippen molar-refractivity contribution in [2.45, 2.75) is 20.8 Å². The number of nitrogens with zero attached hydrogens (tertiary/aromatic N) is 2. The van der Waals surface area contributed by atoms with Crippen LogP contribution in [0.4, 0.5) is 0 Å². The zero-order valence-electron chi connectivity index (χ0n) is 10.4. The van der Waals surface area contributed by atoms with Gasteiger partial charge in [0.2, 0.25) is 0 Å². The fourth-order valence-corrected chi connectivity index (χ4v) is 1.86. The van der Waals surface area contributed by atoms with Gasteiger partial charge < -0.3 is 10.2 Å². The summed E-state index contributed by atoms with van der Waals surface area (Å²) in [5.74, 6) is 0. The van der Waals surface area contributed by atoms with Gasteiger partial charge >= 0.3 is 0 Å². The zero-order valence-corrected chi connectivity index (χ0v) is 10.4. The summed E-state index contributed by atoms with van der Waals surface area (Å²) < 4.78 is 1.23. The van der Waals surface area contributed by atoms with Gasteiger partial charge in [-0.3, -0.25) is 4.90 Å². The summed E-state index contributed by atoms with van der Waals surface area (Å²) in [6.07, 6.45) is 0. The minimum Gasteiger partial charge on any atom is -0.329 e. The van der Waals surface area contributed by atoms with E-state index in [0.717, 1.165) is 19.6 Å². The van der Waals surface area contributed by atoms with Crippen LogP contribution in [0.3, 0.4) is 0 Å². The van der Waals surface area contributed by atoms with E-state index >= 15 is 0 Å². The molecule has 0 aliphatic rings. The van der Waals surface area contributed by atoms with Crippen molar-refractivity contribution in [3.8, 4) is 0 Å². The smallest absolute Gasteiger partial charge is 0.0915 e. The van der Waals surface area contributed by atoms with Crippen LogP contribution in [0.25, 0.3) is 0 Å². The molecule has 0 atom stereocenters. The molecule has 86 valence electrons. The summed E-state index contributed by atoms with van der Waals surface area (Å²) in [6, 6.07) is 0. The first-order valence-corrected chi connectivity index (χ1v) is 5.87. The fraction of sp³-hybridized carbons (Fsp3) is 1.00.